The number of carbonyl (C=O) groups is 2. The second kappa shape index (κ2) is 10.1. The standard InChI is InChI=1S/C20H29N3O3S/c1-22(9-12-27-18-5-3-2-4-6-18)19(24)16-13-17(15-21-14-16)20(25)23-7-10-26-11-8-23/h2-6,16-17,21H,7-15H2,1H3/t16-,17-/m1/s1. The molecule has 0 aromatic heterocycles. The third kappa shape index (κ3) is 5.70. The largest absolute Gasteiger partial charge is 0.378 e. The quantitative estimate of drug-likeness (QED) is 0.741. The molecule has 2 amide bonds. The van der Waals surface area contributed by atoms with E-state index in [0.29, 0.717) is 52.4 Å². The molecule has 1 aromatic carbocycles. The number of morpholine rings is 1. The minimum Gasteiger partial charge on any atom is -0.378 e. The van der Waals surface area contributed by atoms with Crippen LogP contribution in [0.4, 0.5) is 0 Å². The van der Waals surface area contributed by atoms with Crippen molar-refractivity contribution in [2.45, 2.75) is 11.3 Å². The molecule has 1 aromatic rings. The summed E-state index contributed by atoms with van der Waals surface area (Å²) in [6.07, 6.45) is 0.637. The number of ether oxygens (including phenoxy) is 1. The van der Waals surface area contributed by atoms with E-state index in [1.54, 1.807) is 11.8 Å². The number of hydrogen-bond donors (Lipinski definition) is 1. The lowest BCUT2D eigenvalue weighted by Crippen LogP contribution is -2.51. The van der Waals surface area contributed by atoms with Crippen molar-refractivity contribution < 1.29 is 14.3 Å². The molecule has 0 saturated carbocycles. The van der Waals surface area contributed by atoms with Gasteiger partial charge in [-0.3, -0.25) is 9.59 Å². The van der Waals surface area contributed by atoms with Crippen LogP contribution in [0, 0.1) is 11.8 Å². The van der Waals surface area contributed by atoms with E-state index in [9.17, 15) is 9.59 Å². The minimum atomic E-state index is -0.125. The molecule has 0 aliphatic carbocycles. The number of nitrogens with zero attached hydrogens (tertiary/aromatic N) is 2. The molecule has 3 rings (SSSR count). The minimum absolute atomic E-state index is 0.113. The van der Waals surface area contributed by atoms with Crippen LogP contribution in [0.25, 0.3) is 0 Å². The third-order valence-electron chi connectivity index (χ3n) is 5.19. The molecule has 0 unspecified atom stereocenters. The van der Waals surface area contributed by atoms with Crippen molar-refractivity contribution in [1.29, 1.82) is 0 Å². The fraction of sp³-hybridized carbons (Fsp3) is 0.600. The predicted octanol–water partition coefficient (Wildman–Crippen LogP) is 1.32. The van der Waals surface area contributed by atoms with Gasteiger partial charge < -0.3 is 19.9 Å². The van der Waals surface area contributed by atoms with Crippen LogP contribution in [0.1, 0.15) is 6.42 Å². The van der Waals surface area contributed by atoms with Gasteiger partial charge in [-0.1, -0.05) is 18.2 Å². The van der Waals surface area contributed by atoms with Crippen LogP contribution in [0.2, 0.25) is 0 Å². The maximum absolute atomic E-state index is 12.8. The highest BCUT2D eigenvalue weighted by Crippen LogP contribution is 2.22. The van der Waals surface area contributed by atoms with Crippen LogP contribution in [0.5, 0.6) is 0 Å². The van der Waals surface area contributed by atoms with Gasteiger partial charge in [-0.25, -0.2) is 0 Å². The molecule has 7 heteroatoms. The molecular formula is C20H29N3O3S. The van der Waals surface area contributed by atoms with Crippen molar-refractivity contribution in [3.63, 3.8) is 0 Å². The second-order valence-electron chi connectivity index (χ2n) is 7.15. The number of benzene rings is 1. The predicted molar refractivity (Wildman–Crippen MR) is 107 cm³/mol. The zero-order valence-corrected chi connectivity index (χ0v) is 16.7. The lowest BCUT2D eigenvalue weighted by molar-refractivity contribution is -0.142. The van der Waals surface area contributed by atoms with Crippen LogP contribution in [0.3, 0.4) is 0 Å². The Morgan fingerprint density at radius 1 is 1.19 bits per heavy atom. The zero-order chi connectivity index (χ0) is 19.1. The van der Waals surface area contributed by atoms with E-state index in [1.807, 2.05) is 35.0 Å². The summed E-state index contributed by atoms with van der Waals surface area (Å²) in [4.78, 5) is 30.4. The summed E-state index contributed by atoms with van der Waals surface area (Å²) in [5.41, 5.74) is 0. The Morgan fingerprint density at radius 3 is 2.63 bits per heavy atom. The summed E-state index contributed by atoms with van der Waals surface area (Å²) in [6.45, 7) is 4.55. The molecule has 2 aliphatic heterocycles. The van der Waals surface area contributed by atoms with E-state index in [2.05, 4.69) is 17.4 Å². The van der Waals surface area contributed by atoms with Crippen molar-refractivity contribution in [2.24, 2.45) is 11.8 Å². The molecule has 2 aliphatic rings. The van der Waals surface area contributed by atoms with Crippen LogP contribution in [-0.4, -0.2) is 80.4 Å². The molecule has 2 heterocycles. The van der Waals surface area contributed by atoms with Crippen LogP contribution >= 0.6 is 11.8 Å². The topological polar surface area (TPSA) is 61.9 Å². The van der Waals surface area contributed by atoms with Gasteiger partial charge in [-0.2, -0.15) is 0 Å². The number of rotatable bonds is 6. The van der Waals surface area contributed by atoms with Crippen molar-refractivity contribution in [1.82, 2.24) is 15.1 Å². The van der Waals surface area contributed by atoms with Gasteiger partial charge in [0.1, 0.15) is 0 Å². The average Bonchev–Trinajstić information content (AvgIpc) is 2.74. The normalized spacial score (nSPS) is 23.1. The van der Waals surface area contributed by atoms with Crippen LogP contribution < -0.4 is 5.32 Å². The van der Waals surface area contributed by atoms with Crippen molar-refractivity contribution in [3.8, 4) is 0 Å². The second-order valence-corrected chi connectivity index (χ2v) is 8.32. The Balaban J connectivity index is 1.46. The summed E-state index contributed by atoms with van der Waals surface area (Å²) in [5.74, 6) is 0.919. The SMILES string of the molecule is CN(CCSc1ccccc1)C(=O)[C@H]1CNC[C@H](C(=O)N2CCOCC2)C1. The number of piperidine rings is 1. The van der Waals surface area contributed by atoms with Crippen molar-refractivity contribution in [3.05, 3.63) is 30.3 Å². The molecule has 2 atom stereocenters. The maximum Gasteiger partial charge on any atom is 0.227 e. The van der Waals surface area contributed by atoms with Gasteiger partial charge in [-0.05, 0) is 18.6 Å². The van der Waals surface area contributed by atoms with E-state index in [1.165, 1.54) is 4.90 Å². The molecular weight excluding hydrogens is 362 g/mol. The summed E-state index contributed by atoms with van der Waals surface area (Å²) in [7, 11) is 1.86. The summed E-state index contributed by atoms with van der Waals surface area (Å²) in [5, 5.41) is 3.29. The fourth-order valence-electron chi connectivity index (χ4n) is 3.60. The third-order valence-corrected chi connectivity index (χ3v) is 6.18. The van der Waals surface area contributed by atoms with E-state index in [0.717, 1.165) is 5.75 Å². The number of amides is 2. The molecule has 0 radical (unpaired) electrons. The van der Waals surface area contributed by atoms with Gasteiger partial charge in [0.25, 0.3) is 0 Å². The zero-order valence-electron chi connectivity index (χ0n) is 15.9. The van der Waals surface area contributed by atoms with Gasteiger partial charge in [0.2, 0.25) is 11.8 Å². The Morgan fingerprint density at radius 2 is 1.89 bits per heavy atom. The van der Waals surface area contributed by atoms with E-state index in [-0.39, 0.29) is 23.7 Å². The highest BCUT2D eigenvalue weighted by Gasteiger charge is 2.34. The molecule has 0 bridgehead atoms. The van der Waals surface area contributed by atoms with Gasteiger partial charge >= 0.3 is 0 Å². The highest BCUT2D eigenvalue weighted by atomic mass is 32.2. The Hall–Kier alpha value is -1.57. The Bertz CT molecular complexity index is 622. The first-order valence-electron chi connectivity index (χ1n) is 9.65. The lowest BCUT2D eigenvalue weighted by atomic mass is 9.88. The highest BCUT2D eigenvalue weighted by molar-refractivity contribution is 7.99. The maximum atomic E-state index is 12.8. The summed E-state index contributed by atoms with van der Waals surface area (Å²) >= 11 is 1.75. The average molecular weight is 392 g/mol. The van der Waals surface area contributed by atoms with Gasteiger partial charge in [0, 0.05) is 50.4 Å². The molecule has 1 N–H and O–H groups in total. The van der Waals surface area contributed by atoms with Gasteiger partial charge in [-0.15, -0.1) is 11.8 Å². The van der Waals surface area contributed by atoms with Gasteiger partial charge in [0.05, 0.1) is 25.0 Å². The number of thioether (sulfide) groups is 1. The van der Waals surface area contributed by atoms with Gasteiger partial charge in [0.15, 0.2) is 0 Å². The Kier molecular flexibility index (Phi) is 7.55. The number of hydrogen-bond acceptors (Lipinski definition) is 5. The molecule has 2 saturated heterocycles. The first-order valence-corrected chi connectivity index (χ1v) is 10.6. The molecule has 2 fully saturated rings. The smallest absolute Gasteiger partial charge is 0.227 e. The monoisotopic (exact) mass is 391 g/mol. The van der Waals surface area contributed by atoms with Crippen LogP contribution in [0.15, 0.2) is 35.2 Å². The van der Waals surface area contributed by atoms with E-state index < -0.39 is 0 Å². The summed E-state index contributed by atoms with van der Waals surface area (Å²) in [6, 6.07) is 10.2. The number of carbonyl (C=O) groups excluding carboxylic acids is 2. The van der Waals surface area contributed by atoms with Crippen LogP contribution in [-0.2, 0) is 14.3 Å². The van der Waals surface area contributed by atoms with Crippen molar-refractivity contribution >= 4 is 23.6 Å². The Labute approximate surface area is 165 Å². The molecule has 27 heavy (non-hydrogen) atoms. The first-order chi connectivity index (χ1) is 13.1. The lowest BCUT2D eigenvalue weighted by Gasteiger charge is -2.35. The van der Waals surface area contributed by atoms with E-state index >= 15 is 0 Å². The van der Waals surface area contributed by atoms with E-state index in [4.69, 9.17) is 4.74 Å². The summed E-state index contributed by atoms with van der Waals surface area (Å²) < 4.78 is 5.33. The molecule has 6 nitrogen and oxygen atoms in total. The number of nitrogens with one attached hydrogen (secondary N) is 1. The molecule has 0 spiro atoms. The molecule has 148 valence electrons. The fourth-order valence-corrected chi connectivity index (χ4v) is 4.55. The first kappa shape index (κ1) is 20.2. The van der Waals surface area contributed by atoms with Crippen molar-refractivity contribution in [2.75, 3.05) is 58.7 Å².